The van der Waals surface area contributed by atoms with E-state index >= 15 is 0 Å². The molecule has 5 unspecified atom stereocenters. The van der Waals surface area contributed by atoms with Gasteiger partial charge in [-0.05, 0) is 38.3 Å². The van der Waals surface area contributed by atoms with Crippen LogP contribution in [0.2, 0.25) is 0 Å². The van der Waals surface area contributed by atoms with Crippen molar-refractivity contribution in [3.8, 4) is 0 Å². The molecule has 0 radical (unpaired) electrons. The number of rotatable bonds is 13. The van der Waals surface area contributed by atoms with Crippen molar-refractivity contribution in [3.05, 3.63) is 35.9 Å². The number of unbranched alkanes of at least 4 members (excludes halogenated alkanes) is 1. The van der Waals surface area contributed by atoms with Gasteiger partial charge in [0.1, 0.15) is 6.04 Å². The number of ether oxygens (including phenoxy) is 3. The standard InChI is InChI=1S/C24H34Cl2N2O7/c1-2-33-19(29)14-35-24(32)18(12-15-8-4-3-5-9-15)28-23(31)16-13-17(25)22(20(26)21(16)30)34-11-7-6-10-27/h3-5,8-9,16-18,20-22,30H,2,6-7,10-14,27H2,1H3,(H,28,31)/t16?,17?,18-,20?,21?,22?/m0/s1. The Morgan fingerprint density at radius 1 is 1.17 bits per heavy atom. The minimum absolute atomic E-state index is 0.106. The maximum absolute atomic E-state index is 13.1. The van der Waals surface area contributed by atoms with E-state index in [0.29, 0.717) is 13.2 Å². The molecule has 1 saturated carbocycles. The number of hydrogen-bond acceptors (Lipinski definition) is 8. The highest BCUT2D eigenvalue weighted by molar-refractivity contribution is 6.25. The summed E-state index contributed by atoms with van der Waals surface area (Å²) in [5.74, 6) is -3.04. The predicted molar refractivity (Wildman–Crippen MR) is 131 cm³/mol. The van der Waals surface area contributed by atoms with Crippen LogP contribution in [0, 0.1) is 5.92 Å². The van der Waals surface area contributed by atoms with Gasteiger partial charge in [-0.2, -0.15) is 0 Å². The van der Waals surface area contributed by atoms with Crippen molar-refractivity contribution in [2.45, 2.75) is 61.6 Å². The summed E-state index contributed by atoms with van der Waals surface area (Å²) in [7, 11) is 0. The molecule has 196 valence electrons. The number of benzene rings is 1. The van der Waals surface area contributed by atoms with Crippen molar-refractivity contribution in [1.29, 1.82) is 0 Å². The topological polar surface area (TPSA) is 137 Å². The molecule has 0 heterocycles. The molecule has 1 aromatic rings. The quantitative estimate of drug-likeness (QED) is 0.197. The smallest absolute Gasteiger partial charge is 0.344 e. The van der Waals surface area contributed by atoms with Gasteiger partial charge in [0, 0.05) is 13.0 Å². The van der Waals surface area contributed by atoms with E-state index in [1.807, 2.05) is 6.07 Å². The number of aliphatic hydroxyl groups is 1. The number of carbonyl (C=O) groups excluding carboxylic acids is 3. The van der Waals surface area contributed by atoms with Gasteiger partial charge in [0.05, 0.1) is 35.5 Å². The van der Waals surface area contributed by atoms with Gasteiger partial charge >= 0.3 is 11.9 Å². The van der Waals surface area contributed by atoms with Crippen molar-refractivity contribution < 1.29 is 33.7 Å². The Bertz CT molecular complexity index is 814. The van der Waals surface area contributed by atoms with Crippen molar-refractivity contribution in [2.75, 3.05) is 26.4 Å². The Balaban J connectivity index is 2.05. The molecular weight excluding hydrogens is 499 g/mol. The normalized spacial score (nSPS) is 24.9. The monoisotopic (exact) mass is 532 g/mol. The number of hydrogen-bond donors (Lipinski definition) is 3. The molecule has 0 aliphatic heterocycles. The van der Waals surface area contributed by atoms with E-state index in [1.165, 1.54) is 0 Å². The molecular formula is C24H34Cl2N2O7. The number of halogens is 2. The first-order chi connectivity index (χ1) is 16.8. The van der Waals surface area contributed by atoms with E-state index in [1.54, 1.807) is 31.2 Å². The zero-order valence-electron chi connectivity index (χ0n) is 19.7. The lowest BCUT2D eigenvalue weighted by molar-refractivity contribution is -0.160. The summed E-state index contributed by atoms with van der Waals surface area (Å²) in [5.41, 5.74) is 6.25. The fourth-order valence-corrected chi connectivity index (χ4v) is 4.73. The van der Waals surface area contributed by atoms with E-state index in [0.717, 1.165) is 18.4 Å². The Kier molecular flexibility index (Phi) is 12.8. The van der Waals surface area contributed by atoms with Crippen LogP contribution in [-0.4, -0.2) is 78.3 Å². The maximum atomic E-state index is 13.1. The van der Waals surface area contributed by atoms with Crippen LogP contribution in [0.1, 0.15) is 31.7 Å². The van der Waals surface area contributed by atoms with Crippen molar-refractivity contribution >= 4 is 41.0 Å². The van der Waals surface area contributed by atoms with Crippen LogP contribution in [0.25, 0.3) is 0 Å². The van der Waals surface area contributed by atoms with E-state index in [2.05, 4.69) is 5.32 Å². The number of amides is 1. The first-order valence-electron chi connectivity index (χ1n) is 11.7. The summed E-state index contributed by atoms with van der Waals surface area (Å²) >= 11 is 12.9. The lowest BCUT2D eigenvalue weighted by Gasteiger charge is -2.39. The summed E-state index contributed by atoms with van der Waals surface area (Å²) in [4.78, 5) is 37.4. The Morgan fingerprint density at radius 3 is 2.54 bits per heavy atom. The molecule has 1 aliphatic carbocycles. The van der Waals surface area contributed by atoms with Crippen molar-refractivity contribution in [3.63, 3.8) is 0 Å². The number of nitrogens with two attached hydrogens (primary N) is 1. The maximum Gasteiger partial charge on any atom is 0.344 e. The van der Waals surface area contributed by atoms with Gasteiger partial charge in [-0.25, -0.2) is 9.59 Å². The second-order valence-electron chi connectivity index (χ2n) is 8.29. The molecule has 1 aliphatic rings. The van der Waals surface area contributed by atoms with E-state index in [-0.39, 0.29) is 19.4 Å². The molecule has 1 fully saturated rings. The minimum Gasteiger partial charge on any atom is -0.463 e. The van der Waals surface area contributed by atoms with Crippen LogP contribution < -0.4 is 11.1 Å². The van der Waals surface area contributed by atoms with E-state index in [4.69, 9.17) is 43.1 Å². The van der Waals surface area contributed by atoms with Gasteiger partial charge in [0.2, 0.25) is 5.91 Å². The summed E-state index contributed by atoms with van der Waals surface area (Å²) in [6.45, 7) is 2.15. The Morgan fingerprint density at radius 2 is 1.89 bits per heavy atom. The van der Waals surface area contributed by atoms with Gasteiger partial charge in [0.15, 0.2) is 6.61 Å². The summed E-state index contributed by atoms with van der Waals surface area (Å²) in [6, 6.07) is 7.91. The molecule has 0 bridgehead atoms. The third-order valence-corrected chi connectivity index (χ3v) is 6.59. The van der Waals surface area contributed by atoms with Gasteiger partial charge < -0.3 is 30.4 Å². The average Bonchev–Trinajstić information content (AvgIpc) is 2.84. The van der Waals surface area contributed by atoms with E-state index in [9.17, 15) is 19.5 Å². The largest absolute Gasteiger partial charge is 0.463 e. The van der Waals surface area contributed by atoms with Crippen LogP contribution in [0.5, 0.6) is 0 Å². The summed E-state index contributed by atoms with van der Waals surface area (Å²) in [5, 5.41) is 11.9. The fraction of sp³-hybridized carbons (Fsp3) is 0.625. The van der Waals surface area contributed by atoms with Crippen molar-refractivity contribution in [2.24, 2.45) is 11.7 Å². The molecule has 1 amide bonds. The number of nitrogens with one attached hydrogen (secondary N) is 1. The van der Waals surface area contributed by atoms with Gasteiger partial charge in [-0.15, -0.1) is 23.2 Å². The highest BCUT2D eigenvalue weighted by atomic mass is 35.5. The molecule has 6 atom stereocenters. The highest BCUT2D eigenvalue weighted by Crippen LogP contribution is 2.34. The molecule has 11 heteroatoms. The second kappa shape index (κ2) is 15.3. The van der Waals surface area contributed by atoms with Crippen LogP contribution in [-0.2, 0) is 35.0 Å². The summed E-state index contributed by atoms with van der Waals surface area (Å²) in [6.07, 6.45) is -0.123. The molecule has 4 N–H and O–H groups in total. The molecule has 0 saturated heterocycles. The summed E-state index contributed by atoms with van der Waals surface area (Å²) < 4.78 is 15.6. The van der Waals surface area contributed by atoms with E-state index < -0.39 is 59.4 Å². The number of aliphatic hydroxyl groups excluding tert-OH is 1. The van der Waals surface area contributed by atoms with Crippen LogP contribution in [0.15, 0.2) is 30.3 Å². The number of esters is 2. The molecule has 1 aromatic carbocycles. The zero-order valence-corrected chi connectivity index (χ0v) is 21.2. The Labute approximate surface area is 215 Å². The SMILES string of the molecule is CCOC(=O)COC(=O)[C@H](Cc1ccccc1)NC(=O)C1CC(Cl)C(OCCCCN)C(Cl)C1O. The van der Waals surface area contributed by atoms with Gasteiger partial charge in [0.25, 0.3) is 0 Å². The molecule has 9 nitrogen and oxygen atoms in total. The first kappa shape index (κ1) is 29.3. The highest BCUT2D eigenvalue weighted by Gasteiger charge is 2.46. The third-order valence-electron chi connectivity index (χ3n) is 5.65. The van der Waals surface area contributed by atoms with Crippen LogP contribution in [0.3, 0.4) is 0 Å². The zero-order chi connectivity index (χ0) is 25.8. The van der Waals surface area contributed by atoms with Crippen molar-refractivity contribution in [1.82, 2.24) is 5.32 Å². The minimum atomic E-state index is -1.24. The Hall–Kier alpha value is -1.91. The third kappa shape index (κ3) is 9.24. The lowest BCUT2D eigenvalue weighted by Crippen LogP contribution is -2.56. The van der Waals surface area contributed by atoms with Crippen LogP contribution in [0.4, 0.5) is 0 Å². The molecule has 0 aromatic heterocycles. The fourth-order valence-electron chi connectivity index (χ4n) is 3.81. The second-order valence-corrected chi connectivity index (χ2v) is 9.35. The van der Waals surface area contributed by atoms with Crippen LogP contribution >= 0.6 is 23.2 Å². The lowest BCUT2D eigenvalue weighted by atomic mass is 9.83. The molecule has 0 spiro atoms. The first-order valence-corrected chi connectivity index (χ1v) is 12.6. The molecule has 2 rings (SSSR count). The molecule has 35 heavy (non-hydrogen) atoms. The number of carbonyl (C=O) groups is 3. The van der Waals surface area contributed by atoms with Gasteiger partial charge in [-0.3, -0.25) is 4.79 Å². The average molecular weight is 533 g/mol. The number of alkyl halides is 2. The predicted octanol–water partition coefficient (Wildman–Crippen LogP) is 1.54. The van der Waals surface area contributed by atoms with Gasteiger partial charge in [-0.1, -0.05) is 30.3 Å².